The number of ether oxygens (including phenoxy) is 1. The number of aromatic amines is 1. The summed E-state index contributed by atoms with van der Waals surface area (Å²) < 4.78 is 5.57. The van der Waals surface area contributed by atoms with Crippen molar-refractivity contribution < 1.29 is 9.84 Å². The second-order valence-electron chi connectivity index (χ2n) is 3.44. The van der Waals surface area contributed by atoms with E-state index in [2.05, 4.69) is 19.9 Å². The summed E-state index contributed by atoms with van der Waals surface area (Å²) in [7, 11) is 0. The lowest BCUT2D eigenvalue weighted by atomic mass is 10.3. The van der Waals surface area contributed by atoms with E-state index in [1.165, 1.54) is 0 Å². The van der Waals surface area contributed by atoms with E-state index in [1.54, 1.807) is 24.3 Å². The van der Waals surface area contributed by atoms with Gasteiger partial charge in [-0.2, -0.15) is 0 Å². The van der Waals surface area contributed by atoms with Crippen LogP contribution in [0.3, 0.4) is 0 Å². The minimum Gasteiger partial charge on any atom is -0.393 e. The van der Waals surface area contributed by atoms with Crippen molar-refractivity contribution in [1.82, 2.24) is 19.9 Å². The number of nitrogens with zero attached hydrogens (tertiary/aromatic N) is 3. The van der Waals surface area contributed by atoms with E-state index in [-0.39, 0.29) is 18.1 Å². The molecule has 0 spiro atoms. The molecule has 3 heterocycles. The monoisotopic (exact) mass is 238 g/mol. The van der Waals surface area contributed by atoms with Crippen LogP contribution in [0.25, 0.3) is 11.2 Å². The van der Waals surface area contributed by atoms with E-state index in [9.17, 15) is 0 Å². The first-order valence-corrected chi connectivity index (χ1v) is 5.95. The molecule has 1 saturated heterocycles. The SMILES string of the molecule is OCC1OC(c2ncc3[nH]cnc3n2)CS1. The Kier molecular flexibility index (Phi) is 2.50. The lowest BCUT2D eigenvalue weighted by Gasteiger charge is -2.08. The second kappa shape index (κ2) is 4.00. The van der Waals surface area contributed by atoms with E-state index >= 15 is 0 Å². The molecule has 1 aliphatic rings. The average molecular weight is 238 g/mol. The van der Waals surface area contributed by atoms with Crippen LogP contribution in [0.1, 0.15) is 11.9 Å². The van der Waals surface area contributed by atoms with Gasteiger partial charge < -0.3 is 14.8 Å². The Balaban J connectivity index is 1.88. The van der Waals surface area contributed by atoms with Gasteiger partial charge in [-0.15, -0.1) is 11.8 Å². The largest absolute Gasteiger partial charge is 0.393 e. The Morgan fingerprint density at radius 3 is 3.31 bits per heavy atom. The van der Waals surface area contributed by atoms with Gasteiger partial charge in [0.25, 0.3) is 0 Å². The Hall–Kier alpha value is -1.18. The summed E-state index contributed by atoms with van der Waals surface area (Å²) in [5, 5.41) is 8.97. The van der Waals surface area contributed by atoms with Crippen LogP contribution in [-0.2, 0) is 4.74 Å². The zero-order chi connectivity index (χ0) is 11.0. The molecule has 16 heavy (non-hydrogen) atoms. The molecule has 1 fully saturated rings. The van der Waals surface area contributed by atoms with Crippen LogP contribution < -0.4 is 0 Å². The summed E-state index contributed by atoms with van der Waals surface area (Å²) in [5.74, 6) is 1.39. The first-order chi connectivity index (χ1) is 7.86. The average Bonchev–Trinajstić information content (AvgIpc) is 2.96. The Bertz CT molecular complexity index is 503. The van der Waals surface area contributed by atoms with Gasteiger partial charge in [0.05, 0.1) is 19.1 Å². The predicted octanol–water partition coefficient (Wildman–Crippen LogP) is 0.476. The number of aliphatic hydroxyl groups is 1. The first kappa shape index (κ1) is 10.0. The zero-order valence-electron chi connectivity index (χ0n) is 8.33. The van der Waals surface area contributed by atoms with Gasteiger partial charge in [0.2, 0.25) is 0 Å². The van der Waals surface area contributed by atoms with Crippen LogP contribution >= 0.6 is 11.8 Å². The van der Waals surface area contributed by atoms with Gasteiger partial charge >= 0.3 is 0 Å². The van der Waals surface area contributed by atoms with Crippen LogP contribution in [-0.4, -0.2) is 42.8 Å². The fraction of sp³-hybridized carbons (Fsp3) is 0.444. The minimum absolute atomic E-state index is 0.0197. The highest BCUT2D eigenvalue weighted by Crippen LogP contribution is 2.33. The van der Waals surface area contributed by atoms with Crippen LogP contribution in [0.15, 0.2) is 12.5 Å². The third-order valence-corrected chi connectivity index (χ3v) is 3.51. The van der Waals surface area contributed by atoms with Crippen LogP contribution in [0, 0.1) is 0 Å². The maximum atomic E-state index is 8.97. The number of aromatic nitrogens is 4. The van der Waals surface area contributed by atoms with Crippen molar-refractivity contribution in [3.63, 3.8) is 0 Å². The predicted molar refractivity (Wildman–Crippen MR) is 58.8 cm³/mol. The molecule has 0 amide bonds. The van der Waals surface area contributed by atoms with Crippen molar-refractivity contribution in [3.05, 3.63) is 18.3 Å². The molecule has 7 heteroatoms. The van der Waals surface area contributed by atoms with Gasteiger partial charge in [0.1, 0.15) is 17.1 Å². The van der Waals surface area contributed by atoms with Crippen LogP contribution in [0.2, 0.25) is 0 Å². The molecule has 84 valence electrons. The third kappa shape index (κ3) is 1.66. The summed E-state index contributed by atoms with van der Waals surface area (Å²) in [5.41, 5.74) is 1.29. The maximum Gasteiger partial charge on any atom is 0.180 e. The summed E-state index contributed by atoms with van der Waals surface area (Å²) in [6.45, 7) is 0.0197. The molecule has 2 aromatic heterocycles. The first-order valence-electron chi connectivity index (χ1n) is 4.91. The Morgan fingerprint density at radius 2 is 2.50 bits per heavy atom. The van der Waals surface area contributed by atoms with Crippen molar-refractivity contribution >= 4 is 22.9 Å². The molecule has 0 aromatic carbocycles. The van der Waals surface area contributed by atoms with Crippen LogP contribution in [0.4, 0.5) is 0 Å². The summed E-state index contributed by atoms with van der Waals surface area (Å²) in [4.78, 5) is 15.5. The molecule has 0 bridgehead atoms. The van der Waals surface area contributed by atoms with Crippen molar-refractivity contribution in [3.8, 4) is 0 Å². The van der Waals surface area contributed by atoms with Gasteiger partial charge in [0.15, 0.2) is 11.5 Å². The van der Waals surface area contributed by atoms with Crippen molar-refractivity contribution in [2.75, 3.05) is 12.4 Å². The molecule has 2 atom stereocenters. The number of nitrogens with one attached hydrogen (secondary N) is 1. The number of H-pyrrole nitrogens is 1. The zero-order valence-corrected chi connectivity index (χ0v) is 9.15. The number of fused-ring (bicyclic) bond motifs is 1. The lowest BCUT2D eigenvalue weighted by Crippen LogP contribution is -2.11. The van der Waals surface area contributed by atoms with Crippen molar-refractivity contribution in [2.24, 2.45) is 0 Å². The molecule has 1 aliphatic heterocycles. The topological polar surface area (TPSA) is 83.9 Å². The van der Waals surface area contributed by atoms with Gasteiger partial charge in [-0.1, -0.05) is 0 Å². The molecule has 0 aliphatic carbocycles. The highest BCUT2D eigenvalue weighted by Gasteiger charge is 2.28. The molecule has 0 saturated carbocycles. The van der Waals surface area contributed by atoms with Gasteiger partial charge in [-0.3, -0.25) is 0 Å². The fourth-order valence-electron chi connectivity index (χ4n) is 1.59. The number of rotatable bonds is 2. The number of imidazole rings is 1. The smallest absolute Gasteiger partial charge is 0.180 e. The number of thioether (sulfide) groups is 1. The van der Waals surface area contributed by atoms with Gasteiger partial charge in [-0.05, 0) is 0 Å². The summed E-state index contributed by atoms with van der Waals surface area (Å²) in [6.07, 6.45) is 3.14. The van der Waals surface area contributed by atoms with E-state index in [0.717, 1.165) is 11.3 Å². The number of aliphatic hydroxyl groups excluding tert-OH is 1. The number of hydrogen-bond acceptors (Lipinski definition) is 6. The lowest BCUT2D eigenvalue weighted by molar-refractivity contribution is 0.0303. The second-order valence-corrected chi connectivity index (χ2v) is 4.63. The standard InChI is InChI=1S/C9H10N4O2S/c14-2-7-15-6(3-16-7)9-10-1-5-8(13-9)12-4-11-5/h1,4,6-7,14H,2-3H2,(H,10,11,12,13). The van der Waals surface area contributed by atoms with Crippen molar-refractivity contribution in [1.29, 1.82) is 0 Å². The highest BCUT2D eigenvalue weighted by molar-refractivity contribution is 8.00. The summed E-state index contributed by atoms with van der Waals surface area (Å²) in [6, 6.07) is 0. The van der Waals surface area contributed by atoms with Gasteiger partial charge in [0, 0.05) is 5.75 Å². The fourth-order valence-corrected chi connectivity index (χ4v) is 2.53. The molecule has 3 rings (SSSR count). The molecule has 2 aromatic rings. The van der Waals surface area contributed by atoms with Crippen molar-refractivity contribution in [2.45, 2.75) is 11.5 Å². The quantitative estimate of drug-likeness (QED) is 0.791. The van der Waals surface area contributed by atoms with E-state index in [0.29, 0.717) is 11.5 Å². The van der Waals surface area contributed by atoms with E-state index in [1.807, 2.05) is 0 Å². The molecular formula is C9H10N4O2S. The molecule has 2 N–H and O–H groups in total. The molecular weight excluding hydrogens is 228 g/mol. The Labute approximate surface area is 95.5 Å². The third-order valence-electron chi connectivity index (χ3n) is 2.38. The normalized spacial score (nSPS) is 25.3. The molecule has 0 radical (unpaired) electrons. The highest BCUT2D eigenvalue weighted by atomic mass is 32.2. The Morgan fingerprint density at radius 1 is 1.56 bits per heavy atom. The van der Waals surface area contributed by atoms with E-state index in [4.69, 9.17) is 9.84 Å². The number of hydrogen-bond donors (Lipinski definition) is 2. The van der Waals surface area contributed by atoms with Crippen LogP contribution in [0.5, 0.6) is 0 Å². The molecule has 2 unspecified atom stereocenters. The van der Waals surface area contributed by atoms with E-state index < -0.39 is 0 Å². The summed E-state index contributed by atoms with van der Waals surface area (Å²) >= 11 is 1.57. The minimum atomic E-state index is -0.163. The maximum absolute atomic E-state index is 8.97. The molecule has 6 nitrogen and oxygen atoms in total. The van der Waals surface area contributed by atoms with Gasteiger partial charge in [-0.25, -0.2) is 15.0 Å².